The number of nitrogens with zero attached hydrogens (tertiary/aromatic N) is 1. The molecule has 1 atom stereocenters. The molecule has 0 aliphatic carbocycles. The van der Waals surface area contributed by atoms with Crippen molar-refractivity contribution in [1.82, 2.24) is 10.3 Å². The monoisotopic (exact) mass is 235 g/mol. The highest BCUT2D eigenvalue weighted by Gasteiger charge is 2.21. The average Bonchev–Trinajstić information content (AvgIpc) is 2.30. The lowest BCUT2D eigenvalue weighted by atomic mass is 9.97. The highest BCUT2D eigenvalue weighted by atomic mass is 16.1. The molecule has 0 saturated carbocycles. The van der Waals surface area contributed by atoms with Gasteiger partial charge in [0, 0.05) is 12.2 Å². The first-order valence-electron chi connectivity index (χ1n) is 6.06. The van der Waals surface area contributed by atoms with Crippen molar-refractivity contribution in [3.8, 4) is 0 Å². The van der Waals surface area contributed by atoms with Crippen LogP contribution in [0.1, 0.15) is 38.3 Å². The van der Waals surface area contributed by atoms with Gasteiger partial charge < -0.3 is 11.1 Å². The smallest absolute Gasteiger partial charge is 0.229 e. The third-order valence-corrected chi connectivity index (χ3v) is 2.49. The maximum Gasteiger partial charge on any atom is 0.229 e. The number of amides is 1. The van der Waals surface area contributed by atoms with E-state index in [-0.39, 0.29) is 17.9 Å². The van der Waals surface area contributed by atoms with E-state index in [1.807, 2.05) is 32.0 Å². The fraction of sp³-hybridized carbons (Fsp3) is 0.538. The first kappa shape index (κ1) is 13.6. The SMILES string of the molecule is CC(C)NC(=O)C(CCCN)c1ccccn1. The van der Waals surface area contributed by atoms with Crippen LogP contribution >= 0.6 is 0 Å². The zero-order valence-electron chi connectivity index (χ0n) is 10.5. The summed E-state index contributed by atoms with van der Waals surface area (Å²) in [6, 6.07) is 5.79. The molecule has 0 radical (unpaired) electrons. The zero-order valence-corrected chi connectivity index (χ0v) is 10.5. The Morgan fingerprint density at radius 1 is 1.47 bits per heavy atom. The van der Waals surface area contributed by atoms with Gasteiger partial charge in [0.15, 0.2) is 0 Å². The van der Waals surface area contributed by atoms with Gasteiger partial charge in [-0.05, 0) is 45.4 Å². The Labute approximate surface area is 103 Å². The molecule has 4 heteroatoms. The summed E-state index contributed by atoms with van der Waals surface area (Å²) in [7, 11) is 0. The number of pyridine rings is 1. The normalized spacial score (nSPS) is 12.5. The first-order valence-corrected chi connectivity index (χ1v) is 6.06. The van der Waals surface area contributed by atoms with Crippen LogP contribution in [0.4, 0.5) is 0 Å². The Morgan fingerprint density at radius 3 is 2.76 bits per heavy atom. The van der Waals surface area contributed by atoms with Crippen molar-refractivity contribution in [3.63, 3.8) is 0 Å². The van der Waals surface area contributed by atoms with Gasteiger partial charge in [-0.2, -0.15) is 0 Å². The minimum absolute atomic E-state index is 0.0344. The maximum absolute atomic E-state index is 12.1. The van der Waals surface area contributed by atoms with Crippen LogP contribution in [0.5, 0.6) is 0 Å². The first-order chi connectivity index (χ1) is 8.15. The Bertz CT molecular complexity index is 338. The minimum Gasteiger partial charge on any atom is -0.353 e. The van der Waals surface area contributed by atoms with E-state index in [9.17, 15) is 4.79 Å². The number of rotatable bonds is 6. The molecule has 1 aromatic heterocycles. The Balaban J connectivity index is 2.76. The van der Waals surface area contributed by atoms with Crippen LogP contribution in [0.3, 0.4) is 0 Å². The topological polar surface area (TPSA) is 68.0 Å². The molecule has 4 nitrogen and oxygen atoms in total. The van der Waals surface area contributed by atoms with Gasteiger partial charge >= 0.3 is 0 Å². The van der Waals surface area contributed by atoms with E-state index in [1.165, 1.54) is 0 Å². The van der Waals surface area contributed by atoms with Crippen LogP contribution in [-0.4, -0.2) is 23.5 Å². The number of hydrogen-bond acceptors (Lipinski definition) is 3. The van der Waals surface area contributed by atoms with Crippen molar-refractivity contribution in [2.24, 2.45) is 5.73 Å². The van der Waals surface area contributed by atoms with Crippen molar-refractivity contribution in [3.05, 3.63) is 30.1 Å². The lowest BCUT2D eigenvalue weighted by Crippen LogP contribution is -2.35. The third kappa shape index (κ3) is 4.53. The fourth-order valence-corrected chi connectivity index (χ4v) is 1.70. The summed E-state index contributed by atoms with van der Waals surface area (Å²) in [6.07, 6.45) is 3.28. The van der Waals surface area contributed by atoms with Gasteiger partial charge in [0.05, 0.1) is 11.6 Å². The third-order valence-electron chi connectivity index (χ3n) is 2.49. The van der Waals surface area contributed by atoms with Crippen LogP contribution in [0.25, 0.3) is 0 Å². The molecule has 1 unspecified atom stereocenters. The zero-order chi connectivity index (χ0) is 12.7. The van der Waals surface area contributed by atoms with Gasteiger partial charge in [-0.15, -0.1) is 0 Å². The maximum atomic E-state index is 12.1. The van der Waals surface area contributed by atoms with Gasteiger partial charge in [-0.25, -0.2) is 0 Å². The highest BCUT2D eigenvalue weighted by Crippen LogP contribution is 2.19. The average molecular weight is 235 g/mol. The standard InChI is InChI=1S/C13H21N3O/c1-10(2)16-13(17)11(6-5-8-14)12-7-3-4-9-15-12/h3-4,7,9-11H,5-6,8,14H2,1-2H3,(H,16,17). The molecule has 0 aliphatic heterocycles. The van der Waals surface area contributed by atoms with Gasteiger partial charge in [0.25, 0.3) is 0 Å². The molecule has 0 fully saturated rings. The van der Waals surface area contributed by atoms with E-state index in [0.29, 0.717) is 6.54 Å². The van der Waals surface area contributed by atoms with Crippen molar-refractivity contribution >= 4 is 5.91 Å². The van der Waals surface area contributed by atoms with Crippen molar-refractivity contribution in [1.29, 1.82) is 0 Å². The number of hydrogen-bond donors (Lipinski definition) is 2. The molecule has 1 aromatic rings. The van der Waals surface area contributed by atoms with E-state index < -0.39 is 0 Å². The van der Waals surface area contributed by atoms with Gasteiger partial charge in [-0.3, -0.25) is 9.78 Å². The Kier molecular flexibility index (Phi) is 5.63. The lowest BCUT2D eigenvalue weighted by Gasteiger charge is -2.17. The fourth-order valence-electron chi connectivity index (χ4n) is 1.70. The van der Waals surface area contributed by atoms with E-state index in [4.69, 9.17) is 5.73 Å². The van der Waals surface area contributed by atoms with Gasteiger partial charge in [-0.1, -0.05) is 6.07 Å². The summed E-state index contributed by atoms with van der Waals surface area (Å²) in [4.78, 5) is 16.3. The molecule has 17 heavy (non-hydrogen) atoms. The van der Waals surface area contributed by atoms with E-state index >= 15 is 0 Å². The molecule has 1 amide bonds. The summed E-state index contributed by atoms with van der Waals surface area (Å²) in [6.45, 7) is 4.50. The lowest BCUT2D eigenvalue weighted by molar-refractivity contribution is -0.123. The molecular weight excluding hydrogens is 214 g/mol. The summed E-state index contributed by atoms with van der Waals surface area (Å²) in [5.74, 6) is -0.158. The molecule has 0 bridgehead atoms. The summed E-state index contributed by atoms with van der Waals surface area (Å²) >= 11 is 0. The van der Waals surface area contributed by atoms with Gasteiger partial charge in [0.1, 0.15) is 0 Å². The van der Waals surface area contributed by atoms with E-state index in [1.54, 1.807) is 6.20 Å². The Morgan fingerprint density at radius 2 is 2.24 bits per heavy atom. The number of nitrogens with two attached hydrogens (primary N) is 1. The molecule has 3 N–H and O–H groups in total. The molecule has 0 spiro atoms. The van der Waals surface area contributed by atoms with Crippen LogP contribution in [0.15, 0.2) is 24.4 Å². The number of aromatic nitrogens is 1. The second-order valence-electron chi connectivity index (χ2n) is 4.40. The van der Waals surface area contributed by atoms with E-state index in [2.05, 4.69) is 10.3 Å². The van der Waals surface area contributed by atoms with Crippen molar-refractivity contribution in [2.75, 3.05) is 6.54 Å². The van der Waals surface area contributed by atoms with Crippen molar-refractivity contribution in [2.45, 2.75) is 38.6 Å². The largest absolute Gasteiger partial charge is 0.353 e. The van der Waals surface area contributed by atoms with Crippen LogP contribution < -0.4 is 11.1 Å². The van der Waals surface area contributed by atoms with E-state index in [0.717, 1.165) is 18.5 Å². The predicted molar refractivity (Wildman–Crippen MR) is 68.5 cm³/mol. The van der Waals surface area contributed by atoms with Gasteiger partial charge in [0.2, 0.25) is 5.91 Å². The molecule has 1 heterocycles. The summed E-state index contributed by atoms with van der Waals surface area (Å²) < 4.78 is 0. The van der Waals surface area contributed by atoms with Crippen LogP contribution in [0, 0.1) is 0 Å². The quantitative estimate of drug-likeness (QED) is 0.783. The second kappa shape index (κ2) is 7.01. The molecular formula is C13H21N3O. The molecule has 1 rings (SSSR count). The molecule has 0 saturated heterocycles. The van der Waals surface area contributed by atoms with Crippen LogP contribution in [0.2, 0.25) is 0 Å². The highest BCUT2D eigenvalue weighted by molar-refractivity contribution is 5.83. The van der Waals surface area contributed by atoms with Crippen LogP contribution in [-0.2, 0) is 4.79 Å². The van der Waals surface area contributed by atoms with Crippen molar-refractivity contribution < 1.29 is 4.79 Å². The molecule has 0 aliphatic rings. The number of carbonyl (C=O) groups is 1. The number of nitrogens with one attached hydrogen (secondary N) is 1. The predicted octanol–water partition coefficient (Wildman–Crippen LogP) is 1.43. The molecule has 94 valence electrons. The summed E-state index contributed by atoms with van der Waals surface area (Å²) in [5, 5.41) is 2.93. The molecule has 0 aromatic carbocycles. The number of carbonyl (C=O) groups excluding carboxylic acids is 1. The summed E-state index contributed by atoms with van der Waals surface area (Å²) in [5.41, 5.74) is 6.32. The Hall–Kier alpha value is -1.42. The minimum atomic E-state index is -0.192. The second-order valence-corrected chi connectivity index (χ2v) is 4.40.